The van der Waals surface area contributed by atoms with E-state index in [0.717, 1.165) is 30.8 Å². The van der Waals surface area contributed by atoms with Crippen molar-refractivity contribution in [3.8, 4) is 5.88 Å². The summed E-state index contributed by atoms with van der Waals surface area (Å²) in [4.78, 5) is 23.4. The predicted molar refractivity (Wildman–Crippen MR) is 91.4 cm³/mol. The van der Waals surface area contributed by atoms with Crippen molar-refractivity contribution in [2.75, 3.05) is 26.9 Å². The van der Waals surface area contributed by atoms with Crippen molar-refractivity contribution in [1.29, 1.82) is 0 Å². The van der Waals surface area contributed by atoms with E-state index < -0.39 is 0 Å². The number of thiazole rings is 1. The van der Waals surface area contributed by atoms with E-state index in [1.807, 2.05) is 10.3 Å². The number of carbonyl (C=O) groups is 1. The van der Waals surface area contributed by atoms with Crippen LogP contribution in [0.5, 0.6) is 5.88 Å². The van der Waals surface area contributed by atoms with Gasteiger partial charge in [0.15, 0.2) is 0 Å². The van der Waals surface area contributed by atoms with Crippen LogP contribution in [0.15, 0.2) is 29.9 Å². The fraction of sp³-hybridized carbons (Fsp3) is 0.471. The molecule has 7 heteroatoms. The number of hydrogen-bond acceptors (Lipinski definition) is 6. The molecule has 1 atom stereocenters. The van der Waals surface area contributed by atoms with Gasteiger partial charge in [-0.3, -0.25) is 4.79 Å². The molecule has 2 aromatic heterocycles. The maximum atomic E-state index is 12.9. The third-order valence-corrected chi connectivity index (χ3v) is 4.90. The minimum atomic E-state index is 0.00541. The van der Waals surface area contributed by atoms with Gasteiger partial charge in [0.05, 0.1) is 18.2 Å². The highest BCUT2D eigenvalue weighted by Gasteiger charge is 2.30. The number of pyridine rings is 1. The second-order valence-electron chi connectivity index (χ2n) is 5.61. The number of aromatic nitrogens is 2. The molecular weight excluding hydrogens is 326 g/mol. The van der Waals surface area contributed by atoms with Crippen LogP contribution in [0.4, 0.5) is 0 Å². The van der Waals surface area contributed by atoms with E-state index in [9.17, 15) is 4.79 Å². The number of rotatable bonds is 6. The van der Waals surface area contributed by atoms with Crippen molar-refractivity contribution >= 4 is 17.2 Å². The lowest BCUT2D eigenvalue weighted by molar-refractivity contribution is 0.0610. The van der Waals surface area contributed by atoms with E-state index >= 15 is 0 Å². The third kappa shape index (κ3) is 3.91. The van der Waals surface area contributed by atoms with Gasteiger partial charge in [0, 0.05) is 37.5 Å². The van der Waals surface area contributed by atoms with Gasteiger partial charge in [-0.15, -0.1) is 11.3 Å². The molecule has 1 fully saturated rings. The van der Waals surface area contributed by atoms with Crippen LogP contribution >= 0.6 is 11.3 Å². The monoisotopic (exact) mass is 347 g/mol. The Hall–Kier alpha value is -1.99. The average molecular weight is 347 g/mol. The summed E-state index contributed by atoms with van der Waals surface area (Å²) in [5.41, 5.74) is 0.581. The van der Waals surface area contributed by atoms with Crippen molar-refractivity contribution in [2.45, 2.75) is 25.3 Å². The Labute approximate surface area is 145 Å². The van der Waals surface area contributed by atoms with E-state index in [1.165, 1.54) is 0 Å². The van der Waals surface area contributed by atoms with Gasteiger partial charge in [-0.05, 0) is 25.3 Å². The number of piperidine rings is 1. The summed E-state index contributed by atoms with van der Waals surface area (Å²) in [7, 11) is 1.62. The molecule has 1 aliphatic rings. The first kappa shape index (κ1) is 16.9. The van der Waals surface area contributed by atoms with Crippen LogP contribution in [0.2, 0.25) is 0 Å². The molecule has 3 rings (SSSR count). The normalized spacial score (nSPS) is 17.7. The fourth-order valence-electron chi connectivity index (χ4n) is 2.82. The number of hydrogen-bond donors (Lipinski definition) is 0. The first-order valence-electron chi connectivity index (χ1n) is 8.07. The molecule has 6 nitrogen and oxygen atoms in total. The smallest absolute Gasteiger partial charge is 0.256 e. The molecule has 0 radical (unpaired) electrons. The van der Waals surface area contributed by atoms with Crippen molar-refractivity contribution < 1.29 is 14.3 Å². The lowest BCUT2D eigenvalue weighted by Gasteiger charge is -2.34. The standard InChI is InChI=1S/C17H21N3O3S/c1-22-9-10-23-15-6-5-13(12-19-15)17(21)20-8-3-2-4-14(20)16-18-7-11-24-16/h5-7,11-12,14H,2-4,8-10H2,1H3. The Morgan fingerprint density at radius 3 is 2.96 bits per heavy atom. The Balaban J connectivity index is 1.70. The lowest BCUT2D eigenvalue weighted by Crippen LogP contribution is -2.38. The second kappa shape index (κ2) is 8.21. The Kier molecular flexibility index (Phi) is 5.77. The molecule has 1 unspecified atom stereocenters. The van der Waals surface area contributed by atoms with E-state index in [1.54, 1.807) is 43.0 Å². The Morgan fingerprint density at radius 2 is 2.25 bits per heavy atom. The van der Waals surface area contributed by atoms with Crippen LogP contribution < -0.4 is 4.74 Å². The molecule has 128 valence electrons. The highest BCUT2D eigenvalue weighted by atomic mass is 32.1. The van der Waals surface area contributed by atoms with Gasteiger partial charge in [0.2, 0.25) is 5.88 Å². The largest absolute Gasteiger partial charge is 0.475 e. The van der Waals surface area contributed by atoms with Gasteiger partial charge < -0.3 is 14.4 Å². The van der Waals surface area contributed by atoms with Gasteiger partial charge in [-0.25, -0.2) is 9.97 Å². The lowest BCUT2D eigenvalue weighted by atomic mass is 10.0. The molecule has 0 aromatic carbocycles. The van der Waals surface area contributed by atoms with Crippen LogP contribution in [0, 0.1) is 0 Å². The number of ether oxygens (including phenoxy) is 2. The van der Waals surface area contributed by atoms with Crippen LogP contribution in [0.3, 0.4) is 0 Å². The number of likely N-dealkylation sites (tertiary alicyclic amines) is 1. The molecule has 1 aliphatic heterocycles. The molecule has 0 N–H and O–H groups in total. The summed E-state index contributed by atoms with van der Waals surface area (Å²) in [5.74, 6) is 0.504. The number of nitrogens with zero attached hydrogens (tertiary/aromatic N) is 3. The second-order valence-corrected chi connectivity index (χ2v) is 6.53. The van der Waals surface area contributed by atoms with E-state index in [4.69, 9.17) is 9.47 Å². The zero-order valence-corrected chi connectivity index (χ0v) is 14.5. The minimum Gasteiger partial charge on any atom is -0.475 e. The molecule has 0 aliphatic carbocycles. The average Bonchev–Trinajstić information content (AvgIpc) is 3.16. The zero-order valence-electron chi connectivity index (χ0n) is 13.7. The van der Waals surface area contributed by atoms with Gasteiger partial charge in [-0.2, -0.15) is 0 Å². The molecule has 1 saturated heterocycles. The van der Waals surface area contributed by atoms with Crippen molar-refractivity contribution in [3.63, 3.8) is 0 Å². The van der Waals surface area contributed by atoms with E-state index in [-0.39, 0.29) is 11.9 Å². The summed E-state index contributed by atoms with van der Waals surface area (Å²) in [6.45, 7) is 1.70. The van der Waals surface area contributed by atoms with Gasteiger partial charge in [0.1, 0.15) is 11.6 Å². The van der Waals surface area contributed by atoms with Crippen molar-refractivity contribution in [2.24, 2.45) is 0 Å². The van der Waals surface area contributed by atoms with Crippen LogP contribution in [-0.4, -0.2) is 47.6 Å². The zero-order chi connectivity index (χ0) is 16.8. The summed E-state index contributed by atoms with van der Waals surface area (Å²) >= 11 is 1.61. The maximum Gasteiger partial charge on any atom is 0.256 e. The first-order chi connectivity index (χ1) is 11.8. The first-order valence-corrected chi connectivity index (χ1v) is 8.95. The minimum absolute atomic E-state index is 0.00541. The summed E-state index contributed by atoms with van der Waals surface area (Å²) in [6, 6.07) is 3.57. The molecule has 1 amide bonds. The van der Waals surface area contributed by atoms with Gasteiger partial charge in [-0.1, -0.05) is 0 Å². The Morgan fingerprint density at radius 1 is 1.33 bits per heavy atom. The SMILES string of the molecule is COCCOc1ccc(C(=O)N2CCCCC2c2nccs2)cn1. The van der Waals surface area contributed by atoms with Crippen molar-refractivity contribution in [1.82, 2.24) is 14.9 Å². The van der Waals surface area contributed by atoms with Gasteiger partial charge >= 0.3 is 0 Å². The molecule has 24 heavy (non-hydrogen) atoms. The molecule has 0 spiro atoms. The molecule has 0 saturated carbocycles. The maximum absolute atomic E-state index is 12.9. The molecular formula is C17H21N3O3S. The van der Waals surface area contributed by atoms with Gasteiger partial charge in [0.25, 0.3) is 5.91 Å². The van der Waals surface area contributed by atoms with Crippen LogP contribution in [0.1, 0.15) is 40.7 Å². The van der Waals surface area contributed by atoms with Crippen LogP contribution in [-0.2, 0) is 4.74 Å². The number of carbonyl (C=O) groups excluding carboxylic acids is 1. The predicted octanol–water partition coefficient (Wildman–Crippen LogP) is 2.93. The van der Waals surface area contributed by atoms with Crippen LogP contribution in [0.25, 0.3) is 0 Å². The summed E-state index contributed by atoms with van der Waals surface area (Å²) in [6.07, 6.45) is 6.49. The molecule has 3 heterocycles. The highest BCUT2D eigenvalue weighted by molar-refractivity contribution is 7.09. The number of amides is 1. The fourth-order valence-corrected chi connectivity index (χ4v) is 3.60. The van der Waals surface area contributed by atoms with Crippen molar-refractivity contribution in [3.05, 3.63) is 40.5 Å². The highest BCUT2D eigenvalue weighted by Crippen LogP contribution is 2.33. The quantitative estimate of drug-likeness (QED) is 0.752. The molecule has 2 aromatic rings. The summed E-state index contributed by atoms with van der Waals surface area (Å²) < 4.78 is 10.4. The number of methoxy groups -OCH3 is 1. The summed E-state index contributed by atoms with van der Waals surface area (Å²) in [5, 5.41) is 2.97. The molecule has 0 bridgehead atoms. The topological polar surface area (TPSA) is 64.6 Å². The Bertz CT molecular complexity index is 646. The van der Waals surface area contributed by atoms with E-state index in [2.05, 4.69) is 9.97 Å². The van der Waals surface area contributed by atoms with E-state index in [0.29, 0.717) is 24.7 Å². The third-order valence-electron chi connectivity index (χ3n) is 4.02.